The van der Waals surface area contributed by atoms with Crippen LogP contribution in [0.5, 0.6) is 0 Å². The number of rotatable bonds is 7. The van der Waals surface area contributed by atoms with Crippen LogP contribution in [0.25, 0.3) is 0 Å². The second-order valence-corrected chi connectivity index (χ2v) is 6.78. The minimum Gasteiger partial charge on any atom is -0.349 e. The van der Waals surface area contributed by atoms with Gasteiger partial charge in [0.05, 0.1) is 7.05 Å². The van der Waals surface area contributed by atoms with Crippen LogP contribution in [0, 0.1) is 0 Å². The van der Waals surface area contributed by atoms with Gasteiger partial charge < -0.3 is 20.4 Å². The highest BCUT2D eigenvalue weighted by atomic mass is 16.2. The first-order valence-corrected chi connectivity index (χ1v) is 8.66. The fourth-order valence-corrected chi connectivity index (χ4v) is 2.83. The number of quaternary nitrogens is 1. The van der Waals surface area contributed by atoms with E-state index in [-0.39, 0.29) is 36.9 Å². The summed E-state index contributed by atoms with van der Waals surface area (Å²) in [5.74, 6) is -0.0820. The smallest absolute Gasteiger partial charge is 0.279 e. The first-order chi connectivity index (χ1) is 11.8. The number of anilines is 2. The van der Waals surface area contributed by atoms with Gasteiger partial charge in [-0.1, -0.05) is 0 Å². The van der Waals surface area contributed by atoms with Crippen molar-refractivity contribution in [2.45, 2.75) is 32.7 Å². The van der Waals surface area contributed by atoms with E-state index in [2.05, 4.69) is 10.6 Å². The van der Waals surface area contributed by atoms with Crippen molar-refractivity contribution < 1.29 is 19.3 Å². The Hall–Kier alpha value is -2.41. The second-order valence-electron chi connectivity index (χ2n) is 6.78. The number of carbonyl (C=O) groups is 3. The molecule has 1 atom stereocenters. The van der Waals surface area contributed by atoms with E-state index in [9.17, 15) is 14.4 Å². The van der Waals surface area contributed by atoms with Gasteiger partial charge in [0.25, 0.3) is 11.8 Å². The molecule has 0 saturated carbocycles. The van der Waals surface area contributed by atoms with Crippen LogP contribution in [0.4, 0.5) is 11.4 Å². The van der Waals surface area contributed by atoms with E-state index >= 15 is 0 Å². The third-order valence-corrected chi connectivity index (χ3v) is 3.91. The minimum atomic E-state index is -0.153. The highest BCUT2D eigenvalue weighted by Gasteiger charge is 2.21. The molecule has 1 aromatic carbocycles. The van der Waals surface area contributed by atoms with E-state index in [4.69, 9.17) is 0 Å². The minimum absolute atomic E-state index is 0.0695. The zero-order valence-electron chi connectivity index (χ0n) is 15.1. The lowest BCUT2D eigenvalue weighted by Gasteiger charge is -2.17. The molecule has 1 unspecified atom stereocenters. The number of nitrogens with one attached hydrogen (secondary N) is 3. The van der Waals surface area contributed by atoms with Gasteiger partial charge in [-0.25, -0.2) is 0 Å². The molecule has 1 aromatic rings. The summed E-state index contributed by atoms with van der Waals surface area (Å²) in [6, 6.07) is 7.35. The average molecular weight is 347 g/mol. The van der Waals surface area contributed by atoms with Crippen LogP contribution in [-0.4, -0.2) is 50.4 Å². The molecule has 0 aliphatic carbocycles. The maximum Gasteiger partial charge on any atom is 0.279 e. The molecule has 1 aliphatic heterocycles. The van der Waals surface area contributed by atoms with Gasteiger partial charge in [0.15, 0.2) is 13.1 Å². The van der Waals surface area contributed by atoms with E-state index in [1.807, 2.05) is 33.0 Å². The van der Waals surface area contributed by atoms with Crippen molar-refractivity contribution in [3.8, 4) is 0 Å². The molecule has 0 aromatic heterocycles. The van der Waals surface area contributed by atoms with Crippen molar-refractivity contribution in [2.75, 3.05) is 36.9 Å². The van der Waals surface area contributed by atoms with Crippen molar-refractivity contribution in [2.24, 2.45) is 0 Å². The van der Waals surface area contributed by atoms with Crippen molar-refractivity contribution in [1.82, 2.24) is 5.32 Å². The molecule has 7 heteroatoms. The van der Waals surface area contributed by atoms with Crippen LogP contribution in [0.15, 0.2) is 24.3 Å². The maximum absolute atomic E-state index is 12.1. The van der Waals surface area contributed by atoms with Gasteiger partial charge in [-0.05, 0) is 44.5 Å². The zero-order valence-corrected chi connectivity index (χ0v) is 15.1. The molecule has 1 fully saturated rings. The van der Waals surface area contributed by atoms with Gasteiger partial charge in [-0.15, -0.1) is 0 Å². The highest BCUT2D eigenvalue weighted by Crippen LogP contribution is 2.22. The van der Waals surface area contributed by atoms with Crippen LogP contribution in [0.1, 0.15) is 26.7 Å². The molecule has 7 nitrogen and oxygen atoms in total. The number of benzene rings is 1. The van der Waals surface area contributed by atoms with Gasteiger partial charge in [0, 0.05) is 30.4 Å². The number of nitrogens with zero attached hydrogens (tertiary/aromatic N) is 1. The van der Waals surface area contributed by atoms with E-state index in [1.165, 1.54) is 0 Å². The van der Waals surface area contributed by atoms with E-state index < -0.39 is 0 Å². The normalized spacial score (nSPS) is 15.4. The molecule has 0 radical (unpaired) electrons. The number of carbonyl (C=O) groups excluding carboxylic acids is 3. The first kappa shape index (κ1) is 18.9. The van der Waals surface area contributed by atoms with Crippen LogP contribution in [-0.2, 0) is 14.4 Å². The second kappa shape index (κ2) is 8.62. The third-order valence-electron chi connectivity index (χ3n) is 3.91. The summed E-state index contributed by atoms with van der Waals surface area (Å²) in [5.41, 5.74) is 1.54. The lowest BCUT2D eigenvalue weighted by Crippen LogP contribution is -3.11. The van der Waals surface area contributed by atoms with E-state index in [1.54, 1.807) is 17.0 Å². The van der Waals surface area contributed by atoms with Gasteiger partial charge in [0.1, 0.15) is 0 Å². The summed E-state index contributed by atoms with van der Waals surface area (Å²) in [7, 11) is 1.81. The SMILES string of the molecule is CC(C)NC(=O)C[NH+](C)CC(=O)Nc1ccc(N2CCCC2=O)cc1. The lowest BCUT2D eigenvalue weighted by molar-refractivity contribution is -0.862. The largest absolute Gasteiger partial charge is 0.349 e. The molecule has 25 heavy (non-hydrogen) atoms. The van der Waals surface area contributed by atoms with E-state index in [0.29, 0.717) is 12.1 Å². The highest BCUT2D eigenvalue weighted by molar-refractivity contribution is 5.96. The molecule has 1 aliphatic rings. The number of hydrogen-bond acceptors (Lipinski definition) is 3. The quantitative estimate of drug-likeness (QED) is 0.638. The first-order valence-electron chi connectivity index (χ1n) is 8.66. The van der Waals surface area contributed by atoms with Crippen molar-refractivity contribution in [3.05, 3.63) is 24.3 Å². The Balaban J connectivity index is 1.82. The Morgan fingerprint density at radius 3 is 2.36 bits per heavy atom. The Labute approximate surface area is 148 Å². The van der Waals surface area contributed by atoms with Gasteiger partial charge >= 0.3 is 0 Å². The summed E-state index contributed by atoms with van der Waals surface area (Å²) < 4.78 is 0. The molecular formula is C18H27N4O3+. The summed E-state index contributed by atoms with van der Waals surface area (Å²) in [5, 5.41) is 5.63. The number of likely N-dealkylation sites (N-methyl/N-ethyl adjacent to an activating group) is 1. The average Bonchev–Trinajstić information content (AvgIpc) is 2.92. The zero-order chi connectivity index (χ0) is 18.4. The number of amides is 3. The molecule has 3 amide bonds. The fourth-order valence-electron chi connectivity index (χ4n) is 2.83. The summed E-state index contributed by atoms with van der Waals surface area (Å²) in [4.78, 5) is 38.1. The molecule has 136 valence electrons. The van der Waals surface area contributed by atoms with Crippen molar-refractivity contribution in [3.63, 3.8) is 0 Å². The van der Waals surface area contributed by atoms with E-state index in [0.717, 1.165) is 23.6 Å². The van der Waals surface area contributed by atoms with Gasteiger partial charge in [0.2, 0.25) is 5.91 Å². The predicted octanol–water partition coefficient (Wildman–Crippen LogP) is -0.209. The lowest BCUT2D eigenvalue weighted by atomic mass is 10.2. The Morgan fingerprint density at radius 2 is 1.80 bits per heavy atom. The molecule has 1 saturated heterocycles. The topological polar surface area (TPSA) is 82.9 Å². The van der Waals surface area contributed by atoms with Crippen LogP contribution >= 0.6 is 0 Å². The van der Waals surface area contributed by atoms with Crippen LogP contribution in [0.2, 0.25) is 0 Å². The van der Waals surface area contributed by atoms with Gasteiger partial charge in [-0.3, -0.25) is 14.4 Å². The molecule has 0 bridgehead atoms. The third kappa shape index (κ3) is 5.86. The molecular weight excluding hydrogens is 320 g/mol. The molecule has 0 spiro atoms. The Morgan fingerprint density at radius 1 is 1.16 bits per heavy atom. The van der Waals surface area contributed by atoms with Crippen LogP contribution < -0.4 is 20.4 Å². The van der Waals surface area contributed by atoms with Gasteiger partial charge in [-0.2, -0.15) is 0 Å². The molecule has 1 heterocycles. The molecule has 3 N–H and O–H groups in total. The fraction of sp³-hybridized carbons (Fsp3) is 0.500. The molecule has 2 rings (SSSR count). The number of hydrogen-bond donors (Lipinski definition) is 3. The Bertz CT molecular complexity index is 628. The summed E-state index contributed by atoms with van der Waals surface area (Å²) in [6.45, 7) is 5.01. The summed E-state index contributed by atoms with van der Waals surface area (Å²) in [6.07, 6.45) is 1.48. The standard InChI is InChI=1S/C18H26N4O3/c1-13(2)19-16(23)11-21(3)12-17(24)20-14-6-8-15(9-7-14)22-10-4-5-18(22)25/h6-9,13H,4-5,10-12H2,1-3H3,(H,19,23)(H,20,24)/p+1. The monoisotopic (exact) mass is 347 g/mol. The Kier molecular flexibility index (Phi) is 6.52. The van der Waals surface area contributed by atoms with Crippen molar-refractivity contribution >= 4 is 29.1 Å². The maximum atomic E-state index is 12.1. The predicted molar refractivity (Wildman–Crippen MR) is 96.6 cm³/mol. The van der Waals surface area contributed by atoms with Crippen LogP contribution in [0.3, 0.4) is 0 Å². The van der Waals surface area contributed by atoms with Crippen molar-refractivity contribution in [1.29, 1.82) is 0 Å². The summed E-state index contributed by atoms with van der Waals surface area (Å²) >= 11 is 0.